The van der Waals surface area contributed by atoms with Gasteiger partial charge >= 0.3 is 0 Å². The summed E-state index contributed by atoms with van der Waals surface area (Å²) in [5.41, 5.74) is 0. The van der Waals surface area contributed by atoms with E-state index in [1.165, 1.54) is 6.08 Å². The van der Waals surface area contributed by atoms with Gasteiger partial charge < -0.3 is 10.2 Å². The van der Waals surface area contributed by atoms with Gasteiger partial charge in [0.05, 0.1) is 0 Å². The lowest BCUT2D eigenvalue weighted by atomic mass is 10.1. The fourth-order valence-corrected chi connectivity index (χ4v) is 1.53. The van der Waals surface area contributed by atoms with Crippen molar-refractivity contribution in [2.75, 3.05) is 19.6 Å². The second-order valence-electron chi connectivity index (χ2n) is 3.00. The van der Waals surface area contributed by atoms with Crippen LogP contribution in [0.3, 0.4) is 0 Å². The summed E-state index contributed by atoms with van der Waals surface area (Å²) in [4.78, 5) is 13.2. The molecule has 1 heterocycles. The maximum atomic E-state index is 11.3. The maximum absolute atomic E-state index is 11.3. The number of hydrogen-bond donors (Lipinski definition) is 1. The van der Waals surface area contributed by atoms with Crippen molar-refractivity contribution in [2.45, 2.75) is 19.4 Å². The normalized spacial score (nSPS) is 23.8. The van der Waals surface area contributed by atoms with E-state index in [1.54, 1.807) is 0 Å². The standard InChI is InChI=1S/C9H16N2O/c1-3-8-7-10-5-6-11(8)9(12)4-2/h4,8,10H,2-3,5-7H2,1H3. The Morgan fingerprint density at radius 1 is 1.83 bits per heavy atom. The average molecular weight is 168 g/mol. The molecule has 1 saturated heterocycles. The molecule has 3 heteroatoms. The Labute approximate surface area is 73.4 Å². The number of piperazine rings is 1. The van der Waals surface area contributed by atoms with Crippen molar-refractivity contribution in [1.82, 2.24) is 10.2 Å². The summed E-state index contributed by atoms with van der Waals surface area (Å²) < 4.78 is 0. The lowest BCUT2D eigenvalue weighted by Crippen LogP contribution is -2.52. The zero-order valence-corrected chi connectivity index (χ0v) is 7.55. The van der Waals surface area contributed by atoms with E-state index in [-0.39, 0.29) is 5.91 Å². The Kier molecular flexibility index (Phi) is 3.29. The largest absolute Gasteiger partial charge is 0.334 e. The van der Waals surface area contributed by atoms with Gasteiger partial charge in [0.2, 0.25) is 5.91 Å². The van der Waals surface area contributed by atoms with Crippen LogP contribution < -0.4 is 5.32 Å². The quantitative estimate of drug-likeness (QED) is 0.605. The highest BCUT2D eigenvalue weighted by Gasteiger charge is 2.22. The number of carbonyl (C=O) groups excluding carboxylic acids is 1. The molecule has 1 unspecified atom stereocenters. The minimum atomic E-state index is 0.0587. The third kappa shape index (κ3) is 1.85. The van der Waals surface area contributed by atoms with Gasteiger partial charge in [0, 0.05) is 25.7 Å². The van der Waals surface area contributed by atoms with Crippen LogP contribution >= 0.6 is 0 Å². The van der Waals surface area contributed by atoms with Gasteiger partial charge in [-0.15, -0.1) is 0 Å². The Bertz CT molecular complexity index is 179. The number of carbonyl (C=O) groups is 1. The van der Waals surface area contributed by atoms with E-state index in [2.05, 4.69) is 18.8 Å². The van der Waals surface area contributed by atoms with Crippen LogP contribution in [0.4, 0.5) is 0 Å². The average Bonchev–Trinajstić information content (AvgIpc) is 2.16. The Balaban J connectivity index is 2.58. The third-order valence-electron chi connectivity index (χ3n) is 2.28. The van der Waals surface area contributed by atoms with Crippen LogP contribution in [0.15, 0.2) is 12.7 Å². The molecule has 0 aliphatic carbocycles. The number of nitrogens with zero attached hydrogens (tertiary/aromatic N) is 1. The van der Waals surface area contributed by atoms with Gasteiger partial charge in [-0.1, -0.05) is 13.5 Å². The molecular weight excluding hydrogens is 152 g/mol. The second kappa shape index (κ2) is 4.26. The molecule has 1 rings (SSSR count). The van der Waals surface area contributed by atoms with E-state index in [4.69, 9.17) is 0 Å². The van der Waals surface area contributed by atoms with Crippen molar-refractivity contribution < 1.29 is 4.79 Å². The summed E-state index contributed by atoms with van der Waals surface area (Å²) in [5.74, 6) is 0.0587. The molecule has 0 aromatic carbocycles. The fraction of sp³-hybridized carbons (Fsp3) is 0.667. The lowest BCUT2D eigenvalue weighted by molar-refractivity contribution is -0.129. The first-order valence-corrected chi connectivity index (χ1v) is 4.43. The first kappa shape index (κ1) is 9.26. The summed E-state index contributed by atoms with van der Waals surface area (Å²) in [6.45, 7) is 8.21. The zero-order chi connectivity index (χ0) is 8.97. The Morgan fingerprint density at radius 2 is 2.58 bits per heavy atom. The molecule has 1 atom stereocenters. The molecule has 1 aliphatic rings. The van der Waals surface area contributed by atoms with Crippen LogP contribution in [-0.4, -0.2) is 36.5 Å². The van der Waals surface area contributed by atoms with E-state index in [0.29, 0.717) is 6.04 Å². The number of rotatable bonds is 2. The lowest BCUT2D eigenvalue weighted by Gasteiger charge is -2.34. The summed E-state index contributed by atoms with van der Waals surface area (Å²) in [7, 11) is 0. The molecule has 0 radical (unpaired) electrons. The van der Waals surface area contributed by atoms with Crippen LogP contribution in [0.2, 0.25) is 0 Å². The van der Waals surface area contributed by atoms with Gasteiger partial charge in [0.15, 0.2) is 0 Å². The van der Waals surface area contributed by atoms with Crippen LogP contribution in [0, 0.1) is 0 Å². The molecule has 1 amide bonds. The summed E-state index contributed by atoms with van der Waals surface area (Å²) in [6, 6.07) is 0.351. The minimum Gasteiger partial charge on any atom is -0.334 e. The number of nitrogens with one attached hydrogen (secondary N) is 1. The Hall–Kier alpha value is -0.830. The second-order valence-corrected chi connectivity index (χ2v) is 3.00. The zero-order valence-electron chi connectivity index (χ0n) is 7.55. The monoisotopic (exact) mass is 168 g/mol. The number of amides is 1. The molecule has 3 nitrogen and oxygen atoms in total. The molecule has 0 bridgehead atoms. The predicted octanol–water partition coefficient (Wildman–Crippen LogP) is 0.383. The Morgan fingerprint density at radius 3 is 3.17 bits per heavy atom. The van der Waals surface area contributed by atoms with E-state index in [1.807, 2.05) is 4.90 Å². The highest BCUT2D eigenvalue weighted by atomic mass is 16.2. The van der Waals surface area contributed by atoms with Crippen molar-refractivity contribution >= 4 is 5.91 Å². The van der Waals surface area contributed by atoms with Gasteiger partial charge in [0.1, 0.15) is 0 Å². The van der Waals surface area contributed by atoms with E-state index >= 15 is 0 Å². The van der Waals surface area contributed by atoms with Crippen LogP contribution in [-0.2, 0) is 4.79 Å². The van der Waals surface area contributed by atoms with Crippen molar-refractivity contribution in [3.63, 3.8) is 0 Å². The SMILES string of the molecule is C=CC(=O)N1CCNCC1CC. The highest BCUT2D eigenvalue weighted by molar-refractivity contribution is 5.87. The molecule has 1 fully saturated rings. The number of hydrogen-bond acceptors (Lipinski definition) is 2. The summed E-state index contributed by atoms with van der Waals surface area (Å²) in [5, 5.41) is 3.27. The molecule has 0 aromatic rings. The molecule has 0 saturated carbocycles. The van der Waals surface area contributed by atoms with Crippen molar-refractivity contribution in [1.29, 1.82) is 0 Å². The van der Waals surface area contributed by atoms with Gasteiger partial charge in [0.25, 0.3) is 0 Å². The van der Waals surface area contributed by atoms with Crippen molar-refractivity contribution in [3.8, 4) is 0 Å². The summed E-state index contributed by atoms with van der Waals surface area (Å²) >= 11 is 0. The third-order valence-corrected chi connectivity index (χ3v) is 2.28. The van der Waals surface area contributed by atoms with Gasteiger partial charge in [-0.3, -0.25) is 4.79 Å². The van der Waals surface area contributed by atoms with E-state index in [0.717, 1.165) is 26.1 Å². The van der Waals surface area contributed by atoms with Crippen LogP contribution in [0.1, 0.15) is 13.3 Å². The van der Waals surface area contributed by atoms with Gasteiger partial charge in [-0.05, 0) is 12.5 Å². The topological polar surface area (TPSA) is 32.3 Å². The summed E-state index contributed by atoms with van der Waals surface area (Å²) in [6.07, 6.45) is 2.40. The van der Waals surface area contributed by atoms with Gasteiger partial charge in [-0.2, -0.15) is 0 Å². The first-order valence-electron chi connectivity index (χ1n) is 4.43. The molecule has 12 heavy (non-hydrogen) atoms. The van der Waals surface area contributed by atoms with Crippen molar-refractivity contribution in [2.24, 2.45) is 0 Å². The smallest absolute Gasteiger partial charge is 0.246 e. The van der Waals surface area contributed by atoms with Crippen molar-refractivity contribution in [3.05, 3.63) is 12.7 Å². The molecule has 68 valence electrons. The molecular formula is C9H16N2O. The van der Waals surface area contributed by atoms with E-state index in [9.17, 15) is 4.79 Å². The molecule has 1 aliphatic heterocycles. The molecule has 0 spiro atoms. The predicted molar refractivity (Wildman–Crippen MR) is 48.9 cm³/mol. The maximum Gasteiger partial charge on any atom is 0.246 e. The van der Waals surface area contributed by atoms with Crippen LogP contribution in [0.5, 0.6) is 0 Å². The fourth-order valence-electron chi connectivity index (χ4n) is 1.53. The molecule has 1 N–H and O–H groups in total. The highest BCUT2D eigenvalue weighted by Crippen LogP contribution is 2.07. The first-order chi connectivity index (χ1) is 5.79. The molecule has 0 aromatic heterocycles. The minimum absolute atomic E-state index is 0.0587. The van der Waals surface area contributed by atoms with E-state index < -0.39 is 0 Å². The van der Waals surface area contributed by atoms with Crippen LogP contribution in [0.25, 0.3) is 0 Å². The van der Waals surface area contributed by atoms with Gasteiger partial charge in [-0.25, -0.2) is 0 Å².